The van der Waals surface area contributed by atoms with E-state index in [0.29, 0.717) is 11.1 Å². The van der Waals surface area contributed by atoms with Gasteiger partial charge in [-0.3, -0.25) is 0 Å². The van der Waals surface area contributed by atoms with Crippen molar-refractivity contribution in [1.29, 1.82) is 0 Å². The number of nitrogens with zero attached hydrogens (tertiary/aromatic N) is 2. The molecule has 0 bridgehead atoms. The van der Waals surface area contributed by atoms with Crippen LogP contribution in [-0.2, 0) is 7.05 Å². The number of aryl methyl sites for hydroxylation is 1. The average Bonchev–Trinajstić information content (AvgIpc) is 2.86. The number of rotatable bonds is 1. The zero-order valence-electron chi connectivity index (χ0n) is 10.1. The Balaban J connectivity index is 2.45. The van der Waals surface area contributed by atoms with Crippen LogP contribution in [0, 0.1) is 12.7 Å². The highest BCUT2D eigenvalue weighted by molar-refractivity contribution is 5.97. The molecule has 0 fully saturated rings. The largest absolute Gasteiger partial charge is 0.368 e. The summed E-state index contributed by atoms with van der Waals surface area (Å²) in [6, 6.07) is 6.61. The van der Waals surface area contributed by atoms with Gasteiger partial charge in [0.15, 0.2) is 0 Å². The van der Waals surface area contributed by atoms with E-state index in [1.807, 2.05) is 24.6 Å². The van der Waals surface area contributed by atoms with E-state index in [9.17, 15) is 4.39 Å². The number of nitrogens with two attached hydrogens (primary N) is 1. The van der Waals surface area contributed by atoms with Crippen molar-refractivity contribution in [2.75, 3.05) is 5.73 Å². The van der Waals surface area contributed by atoms with Crippen LogP contribution in [0.5, 0.6) is 0 Å². The van der Waals surface area contributed by atoms with Crippen molar-refractivity contribution >= 4 is 16.8 Å². The molecule has 4 nitrogen and oxygen atoms in total. The number of halogens is 1. The number of hydrogen-bond acceptors (Lipinski definition) is 3. The molecule has 0 saturated carbocycles. The van der Waals surface area contributed by atoms with Gasteiger partial charge >= 0.3 is 0 Å². The third-order valence-corrected chi connectivity index (χ3v) is 3.25. The number of fused-ring (bicyclic) bond motifs is 1. The maximum atomic E-state index is 14.0. The molecule has 5 heteroatoms. The first kappa shape index (κ1) is 10.8. The molecule has 3 rings (SSSR count). The van der Waals surface area contributed by atoms with E-state index in [4.69, 9.17) is 10.3 Å². The van der Waals surface area contributed by atoms with Crippen LogP contribution in [0.25, 0.3) is 22.2 Å². The zero-order valence-corrected chi connectivity index (χ0v) is 10.1. The van der Waals surface area contributed by atoms with E-state index in [-0.39, 0.29) is 11.7 Å². The molecule has 2 N–H and O–H groups in total. The molecule has 3 aromatic rings. The van der Waals surface area contributed by atoms with Gasteiger partial charge in [-0.15, -0.1) is 0 Å². The summed E-state index contributed by atoms with van der Waals surface area (Å²) < 4.78 is 20.8. The second kappa shape index (κ2) is 3.60. The van der Waals surface area contributed by atoms with Crippen molar-refractivity contribution in [2.45, 2.75) is 6.92 Å². The standard InChI is InChI=1S/C13H12FN3O/c1-7-12(9-6-11(15)18-16-9)13-8(14)4-3-5-10(13)17(7)2/h3-6H,15H2,1-2H3. The van der Waals surface area contributed by atoms with Crippen LogP contribution in [0.2, 0.25) is 0 Å². The molecule has 0 spiro atoms. The molecule has 92 valence electrons. The number of benzene rings is 1. The minimum atomic E-state index is -0.271. The van der Waals surface area contributed by atoms with E-state index < -0.39 is 0 Å². The van der Waals surface area contributed by atoms with Gasteiger partial charge in [0.2, 0.25) is 5.88 Å². The second-order valence-electron chi connectivity index (χ2n) is 4.27. The van der Waals surface area contributed by atoms with Crippen LogP contribution in [0.1, 0.15) is 5.69 Å². The molecule has 0 radical (unpaired) electrons. The predicted octanol–water partition coefficient (Wildman–Crippen LogP) is 2.86. The number of nitrogen functional groups attached to an aromatic ring is 1. The van der Waals surface area contributed by atoms with E-state index in [1.54, 1.807) is 12.1 Å². The highest BCUT2D eigenvalue weighted by Gasteiger charge is 2.19. The van der Waals surface area contributed by atoms with Crippen molar-refractivity contribution in [2.24, 2.45) is 7.05 Å². The van der Waals surface area contributed by atoms with Crippen molar-refractivity contribution < 1.29 is 8.91 Å². The van der Waals surface area contributed by atoms with Gasteiger partial charge in [-0.1, -0.05) is 11.2 Å². The van der Waals surface area contributed by atoms with Gasteiger partial charge < -0.3 is 14.8 Å². The first-order valence-electron chi connectivity index (χ1n) is 5.55. The third kappa shape index (κ3) is 1.33. The molecule has 0 aliphatic rings. The Hall–Kier alpha value is -2.30. The molecule has 18 heavy (non-hydrogen) atoms. The Morgan fingerprint density at radius 3 is 2.83 bits per heavy atom. The predicted molar refractivity (Wildman–Crippen MR) is 67.5 cm³/mol. The fraction of sp³-hybridized carbons (Fsp3) is 0.154. The van der Waals surface area contributed by atoms with Gasteiger partial charge in [0.05, 0.1) is 5.52 Å². The molecule has 2 aromatic heterocycles. The van der Waals surface area contributed by atoms with Crippen LogP contribution in [0.3, 0.4) is 0 Å². The lowest BCUT2D eigenvalue weighted by Gasteiger charge is -1.97. The highest BCUT2D eigenvalue weighted by atomic mass is 19.1. The summed E-state index contributed by atoms with van der Waals surface area (Å²) in [7, 11) is 1.89. The van der Waals surface area contributed by atoms with Crippen molar-refractivity contribution in [3.63, 3.8) is 0 Å². The minimum Gasteiger partial charge on any atom is -0.368 e. The molecular weight excluding hydrogens is 233 g/mol. The molecule has 0 aliphatic heterocycles. The highest BCUT2D eigenvalue weighted by Crippen LogP contribution is 2.35. The smallest absolute Gasteiger partial charge is 0.222 e. The van der Waals surface area contributed by atoms with E-state index >= 15 is 0 Å². The van der Waals surface area contributed by atoms with Crippen molar-refractivity contribution in [3.05, 3.63) is 35.8 Å². The number of anilines is 1. The van der Waals surface area contributed by atoms with Gasteiger partial charge in [-0.05, 0) is 19.1 Å². The molecule has 0 saturated heterocycles. The lowest BCUT2D eigenvalue weighted by atomic mass is 10.1. The quantitative estimate of drug-likeness (QED) is 0.717. The summed E-state index contributed by atoms with van der Waals surface area (Å²) in [5.41, 5.74) is 8.55. The summed E-state index contributed by atoms with van der Waals surface area (Å²) in [4.78, 5) is 0. The number of hydrogen-bond donors (Lipinski definition) is 1. The van der Waals surface area contributed by atoms with Gasteiger partial charge in [0, 0.05) is 29.8 Å². The van der Waals surface area contributed by atoms with Gasteiger partial charge in [-0.25, -0.2) is 4.39 Å². The minimum absolute atomic E-state index is 0.220. The zero-order chi connectivity index (χ0) is 12.9. The van der Waals surface area contributed by atoms with Gasteiger partial charge in [0.1, 0.15) is 11.5 Å². The summed E-state index contributed by atoms with van der Waals surface area (Å²) in [6.07, 6.45) is 0. The normalized spacial score (nSPS) is 11.3. The van der Waals surface area contributed by atoms with Gasteiger partial charge in [-0.2, -0.15) is 0 Å². The summed E-state index contributed by atoms with van der Waals surface area (Å²) in [6.45, 7) is 1.92. The molecule has 0 atom stereocenters. The van der Waals surface area contributed by atoms with Crippen LogP contribution >= 0.6 is 0 Å². The topological polar surface area (TPSA) is 57.0 Å². The van der Waals surface area contributed by atoms with E-state index in [1.165, 1.54) is 6.07 Å². The Bertz CT molecular complexity index is 742. The maximum absolute atomic E-state index is 14.0. The van der Waals surface area contributed by atoms with E-state index in [2.05, 4.69) is 5.16 Å². The number of aromatic nitrogens is 2. The Morgan fingerprint density at radius 2 is 2.17 bits per heavy atom. The average molecular weight is 245 g/mol. The summed E-state index contributed by atoms with van der Waals surface area (Å²) in [5.74, 6) is -0.0505. The summed E-state index contributed by atoms with van der Waals surface area (Å²) >= 11 is 0. The van der Waals surface area contributed by atoms with Crippen molar-refractivity contribution in [3.8, 4) is 11.3 Å². The molecule has 2 heterocycles. The van der Waals surface area contributed by atoms with Crippen LogP contribution in [0.4, 0.5) is 10.3 Å². The fourth-order valence-electron chi connectivity index (χ4n) is 2.29. The molecule has 0 amide bonds. The van der Waals surface area contributed by atoms with Crippen LogP contribution in [-0.4, -0.2) is 9.72 Å². The Morgan fingerprint density at radius 1 is 1.39 bits per heavy atom. The molecular formula is C13H12FN3O. The Kier molecular flexibility index (Phi) is 2.16. The first-order valence-corrected chi connectivity index (χ1v) is 5.55. The second-order valence-corrected chi connectivity index (χ2v) is 4.27. The van der Waals surface area contributed by atoms with E-state index in [0.717, 1.165) is 16.8 Å². The van der Waals surface area contributed by atoms with Gasteiger partial charge in [0.25, 0.3) is 0 Å². The lowest BCUT2D eigenvalue weighted by molar-refractivity contribution is 0.439. The fourth-order valence-corrected chi connectivity index (χ4v) is 2.29. The SMILES string of the molecule is Cc1c(-c2cc(N)on2)c2c(F)cccc2n1C. The summed E-state index contributed by atoms with van der Waals surface area (Å²) in [5, 5.41) is 4.42. The third-order valence-electron chi connectivity index (χ3n) is 3.25. The molecule has 0 aliphatic carbocycles. The van der Waals surface area contributed by atoms with Crippen LogP contribution < -0.4 is 5.73 Å². The van der Waals surface area contributed by atoms with Crippen molar-refractivity contribution in [1.82, 2.24) is 9.72 Å². The Labute approximate surface area is 103 Å². The monoisotopic (exact) mass is 245 g/mol. The van der Waals surface area contributed by atoms with Crippen LogP contribution in [0.15, 0.2) is 28.8 Å². The molecule has 1 aromatic carbocycles. The lowest BCUT2D eigenvalue weighted by Crippen LogP contribution is -1.90. The maximum Gasteiger partial charge on any atom is 0.222 e. The first-order chi connectivity index (χ1) is 8.59. The molecule has 0 unspecified atom stereocenters.